The van der Waals surface area contributed by atoms with Gasteiger partial charge in [0.2, 0.25) is 0 Å². The van der Waals surface area contributed by atoms with Crippen LogP contribution in [0.25, 0.3) is 17.4 Å². The highest BCUT2D eigenvalue weighted by molar-refractivity contribution is 6.30. The number of hydrogen-bond donors (Lipinski definition) is 0. The Morgan fingerprint density at radius 3 is 2.52 bits per heavy atom. The minimum Gasteiger partial charge on any atom is -0.457 e. The average Bonchev–Trinajstić information content (AvgIpc) is 3.22. The van der Waals surface area contributed by atoms with Crippen molar-refractivity contribution in [3.8, 4) is 11.3 Å². The van der Waals surface area contributed by atoms with E-state index in [9.17, 15) is 9.18 Å². The van der Waals surface area contributed by atoms with Crippen LogP contribution in [0.2, 0.25) is 5.02 Å². The molecule has 2 heterocycles. The summed E-state index contributed by atoms with van der Waals surface area (Å²) >= 11 is 5.90. The summed E-state index contributed by atoms with van der Waals surface area (Å²) in [5.74, 6) is 0.513. The second-order valence-corrected chi connectivity index (χ2v) is 7.11. The summed E-state index contributed by atoms with van der Waals surface area (Å²) in [6, 6.07) is 15.5. The largest absolute Gasteiger partial charge is 0.457 e. The molecule has 0 aliphatic carbocycles. The molecule has 0 amide bonds. The predicted octanol–water partition coefficient (Wildman–Crippen LogP) is 5.47. The molecule has 0 N–H and O–H groups in total. The second-order valence-electron chi connectivity index (χ2n) is 6.67. The first-order valence-electron chi connectivity index (χ1n) is 9.30. The number of ether oxygens (including phenoxy) is 1. The smallest absolute Gasteiger partial charge is 0.186 e. The van der Waals surface area contributed by atoms with Gasteiger partial charge in [0.25, 0.3) is 0 Å². The standard InChI is InChI=1S/C23H19ClFNO3/c24-18-4-1-16(2-5-18)23-10-7-19(29-23)6-9-22(27)17-3-8-21(20(25)15-17)26-11-13-28-14-12-26/h1-10,15H,11-14H2/b9-6-. The van der Waals surface area contributed by atoms with Crippen LogP contribution in [0, 0.1) is 5.82 Å². The summed E-state index contributed by atoms with van der Waals surface area (Å²) in [5, 5.41) is 0.651. The van der Waals surface area contributed by atoms with E-state index in [1.165, 1.54) is 12.1 Å². The number of ketones is 1. The van der Waals surface area contributed by atoms with Crippen molar-refractivity contribution in [1.82, 2.24) is 0 Å². The fourth-order valence-corrected chi connectivity index (χ4v) is 3.31. The first kappa shape index (κ1) is 19.4. The fraction of sp³-hybridized carbons (Fsp3) is 0.174. The van der Waals surface area contributed by atoms with E-state index in [1.807, 2.05) is 23.1 Å². The lowest BCUT2D eigenvalue weighted by molar-refractivity contribution is 0.104. The van der Waals surface area contributed by atoms with E-state index in [0.29, 0.717) is 54.1 Å². The molecule has 29 heavy (non-hydrogen) atoms. The molecule has 6 heteroatoms. The van der Waals surface area contributed by atoms with Crippen LogP contribution in [0.5, 0.6) is 0 Å². The lowest BCUT2D eigenvalue weighted by Gasteiger charge is -2.29. The topological polar surface area (TPSA) is 42.7 Å². The Bertz CT molecular complexity index is 1040. The van der Waals surface area contributed by atoms with Gasteiger partial charge >= 0.3 is 0 Å². The van der Waals surface area contributed by atoms with Crippen molar-refractivity contribution in [3.05, 3.63) is 82.8 Å². The molecular formula is C23H19ClFNO3. The van der Waals surface area contributed by atoms with Crippen molar-refractivity contribution in [2.45, 2.75) is 0 Å². The van der Waals surface area contributed by atoms with Crippen LogP contribution in [0.3, 0.4) is 0 Å². The maximum Gasteiger partial charge on any atom is 0.186 e. The minimum absolute atomic E-state index is 0.290. The van der Waals surface area contributed by atoms with Crippen molar-refractivity contribution < 1.29 is 18.3 Å². The SMILES string of the molecule is O=C(/C=C\c1ccc(-c2ccc(Cl)cc2)o1)c1ccc(N2CCOCC2)c(F)c1. The van der Waals surface area contributed by atoms with Crippen molar-refractivity contribution in [3.63, 3.8) is 0 Å². The van der Waals surface area contributed by atoms with E-state index in [0.717, 1.165) is 5.56 Å². The Kier molecular flexibility index (Phi) is 5.79. The Labute approximate surface area is 173 Å². The van der Waals surface area contributed by atoms with Gasteiger partial charge in [-0.25, -0.2) is 4.39 Å². The molecule has 0 spiro atoms. The van der Waals surface area contributed by atoms with Gasteiger partial charge in [0.1, 0.15) is 17.3 Å². The Hall–Kier alpha value is -2.89. The van der Waals surface area contributed by atoms with Gasteiger partial charge in [0, 0.05) is 29.2 Å². The average molecular weight is 412 g/mol. The predicted molar refractivity (Wildman–Crippen MR) is 112 cm³/mol. The number of hydrogen-bond acceptors (Lipinski definition) is 4. The number of furan rings is 1. The van der Waals surface area contributed by atoms with Gasteiger partial charge in [-0.05, 0) is 66.7 Å². The third-order valence-electron chi connectivity index (χ3n) is 4.74. The Balaban J connectivity index is 1.45. The molecule has 4 nitrogen and oxygen atoms in total. The quantitative estimate of drug-likeness (QED) is 0.412. The zero-order chi connectivity index (χ0) is 20.2. The van der Waals surface area contributed by atoms with E-state index in [1.54, 1.807) is 36.4 Å². The van der Waals surface area contributed by atoms with E-state index in [2.05, 4.69) is 0 Å². The molecule has 1 aliphatic rings. The molecule has 0 saturated carbocycles. The summed E-state index contributed by atoms with van der Waals surface area (Å²) in [6.07, 6.45) is 2.96. The molecule has 0 atom stereocenters. The number of benzene rings is 2. The van der Waals surface area contributed by atoms with Gasteiger partial charge in [-0.1, -0.05) is 11.6 Å². The van der Waals surface area contributed by atoms with Crippen LogP contribution in [-0.2, 0) is 4.74 Å². The number of anilines is 1. The number of allylic oxidation sites excluding steroid dienone is 1. The summed E-state index contributed by atoms with van der Waals surface area (Å²) < 4.78 is 25.5. The van der Waals surface area contributed by atoms with Crippen LogP contribution >= 0.6 is 11.6 Å². The molecule has 4 rings (SSSR count). The number of carbonyl (C=O) groups is 1. The highest BCUT2D eigenvalue weighted by atomic mass is 35.5. The van der Waals surface area contributed by atoms with E-state index in [-0.39, 0.29) is 5.78 Å². The molecule has 1 aliphatic heterocycles. The number of nitrogens with zero attached hydrogens (tertiary/aromatic N) is 1. The van der Waals surface area contributed by atoms with Gasteiger partial charge in [-0.15, -0.1) is 0 Å². The third-order valence-corrected chi connectivity index (χ3v) is 4.99. The van der Waals surface area contributed by atoms with E-state index < -0.39 is 5.82 Å². The van der Waals surface area contributed by atoms with Crippen molar-refractivity contribution in [2.24, 2.45) is 0 Å². The molecule has 0 unspecified atom stereocenters. The third kappa shape index (κ3) is 4.58. The van der Waals surface area contributed by atoms with Crippen LogP contribution in [0.15, 0.2) is 65.1 Å². The maximum absolute atomic E-state index is 14.5. The molecule has 1 saturated heterocycles. The Morgan fingerprint density at radius 1 is 1.03 bits per heavy atom. The minimum atomic E-state index is -0.408. The molecule has 0 bridgehead atoms. The second kappa shape index (κ2) is 8.64. The van der Waals surface area contributed by atoms with E-state index >= 15 is 0 Å². The van der Waals surface area contributed by atoms with Gasteiger partial charge in [-0.2, -0.15) is 0 Å². The summed E-state index contributed by atoms with van der Waals surface area (Å²) in [5.41, 5.74) is 1.67. The number of morpholine rings is 1. The van der Waals surface area contributed by atoms with Crippen molar-refractivity contribution in [2.75, 3.05) is 31.2 Å². The highest BCUT2D eigenvalue weighted by Gasteiger charge is 2.16. The normalized spacial score (nSPS) is 14.5. The molecule has 1 aromatic heterocycles. The van der Waals surface area contributed by atoms with E-state index in [4.69, 9.17) is 20.8 Å². The zero-order valence-corrected chi connectivity index (χ0v) is 16.4. The summed E-state index contributed by atoms with van der Waals surface area (Å²) in [4.78, 5) is 14.3. The van der Waals surface area contributed by atoms with Crippen molar-refractivity contribution >= 4 is 29.1 Å². The molecule has 2 aromatic carbocycles. The first-order chi connectivity index (χ1) is 14.1. The fourth-order valence-electron chi connectivity index (χ4n) is 3.19. The van der Waals surface area contributed by atoms with Crippen LogP contribution < -0.4 is 4.90 Å². The van der Waals surface area contributed by atoms with Gasteiger partial charge < -0.3 is 14.1 Å². The number of halogens is 2. The van der Waals surface area contributed by atoms with Crippen molar-refractivity contribution in [1.29, 1.82) is 0 Å². The molecule has 3 aromatic rings. The van der Waals surface area contributed by atoms with Crippen LogP contribution in [-0.4, -0.2) is 32.1 Å². The first-order valence-corrected chi connectivity index (χ1v) is 9.68. The van der Waals surface area contributed by atoms with Crippen LogP contribution in [0.4, 0.5) is 10.1 Å². The van der Waals surface area contributed by atoms with Crippen LogP contribution in [0.1, 0.15) is 16.1 Å². The number of rotatable bonds is 5. The Morgan fingerprint density at radius 2 is 1.79 bits per heavy atom. The molecule has 0 radical (unpaired) electrons. The molecular weight excluding hydrogens is 393 g/mol. The zero-order valence-electron chi connectivity index (χ0n) is 15.6. The van der Waals surface area contributed by atoms with Gasteiger partial charge in [0.15, 0.2) is 5.78 Å². The lowest BCUT2D eigenvalue weighted by atomic mass is 10.1. The molecule has 1 fully saturated rings. The molecule has 148 valence electrons. The monoisotopic (exact) mass is 411 g/mol. The number of carbonyl (C=O) groups excluding carboxylic acids is 1. The van der Waals surface area contributed by atoms with Gasteiger partial charge in [-0.3, -0.25) is 4.79 Å². The summed E-state index contributed by atoms with van der Waals surface area (Å²) in [7, 11) is 0. The highest BCUT2D eigenvalue weighted by Crippen LogP contribution is 2.25. The van der Waals surface area contributed by atoms with Gasteiger partial charge in [0.05, 0.1) is 18.9 Å². The lowest BCUT2D eigenvalue weighted by Crippen LogP contribution is -2.36. The maximum atomic E-state index is 14.5. The summed E-state index contributed by atoms with van der Waals surface area (Å²) in [6.45, 7) is 2.42.